The standard InChI is InChI=1S/C8H8Cl2N2.C2H6/c1-12-8(11)5-2-3-6(9)7(10)4-5;1-2/h2-4H,1H3,(H2,11,12);1-2H3. The molecule has 0 aliphatic carbocycles. The highest BCUT2D eigenvalue weighted by molar-refractivity contribution is 6.42. The summed E-state index contributed by atoms with van der Waals surface area (Å²) in [7, 11) is 1.62. The SMILES string of the molecule is CC.CN=C(N)c1ccc(Cl)c(Cl)c1. The Labute approximate surface area is 94.7 Å². The normalized spacial score (nSPS) is 10.5. The van der Waals surface area contributed by atoms with Gasteiger partial charge in [0.1, 0.15) is 5.84 Å². The number of amidine groups is 1. The van der Waals surface area contributed by atoms with Crippen molar-refractivity contribution in [2.75, 3.05) is 7.05 Å². The largest absolute Gasteiger partial charge is 0.384 e. The van der Waals surface area contributed by atoms with Crippen LogP contribution in [0.1, 0.15) is 19.4 Å². The van der Waals surface area contributed by atoms with E-state index in [2.05, 4.69) is 4.99 Å². The molecule has 0 saturated carbocycles. The maximum absolute atomic E-state index is 5.77. The van der Waals surface area contributed by atoms with E-state index in [0.29, 0.717) is 15.9 Å². The molecule has 0 fully saturated rings. The maximum atomic E-state index is 5.77. The Morgan fingerprint density at radius 3 is 2.21 bits per heavy atom. The highest BCUT2D eigenvalue weighted by Crippen LogP contribution is 2.22. The summed E-state index contributed by atoms with van der Waals surface area (Å²) in [5.41, 5.74) is 6.35. The van der Waals surface area contributed by atoms with Gasteiger partial charge in [-0.15, -0.1) is 0 Å². The lowest BCUT2D eigenvalue weighted by atomic mass is 10.2. The molecule has 2 N–H and O–H groups in total. The Morgan fingerprint density at radius 2 is 1.79 bits per heavy atom. The Kier molecular flexibility index (Phi) is 6.34. The second kappa shape index (κ2) is 6.68. The Bertz CT molecular complexity index is 322. The van der Waals surface area contributed by atoms with Gasteiger partial charge in [0.25, 0.3) is 0 Å². The van der Waals surface area contributed by atoms with Crippen molar-refractivity contribution < 1.29 is 0 Å². The third kappa shape index (κ3) is 3.56. The molecule has 0 bridgehead atoms. The summed E-state index contributed by atoms with van der Waals surface area (Å²) < 4.78 is 0. The number of rotatable bonds is 1. The molecular weight excluding hydrogens is 219 g/mol. The van der Waals surface area contributed by atoms with E-state index in [1.807, 2.05) is 13.8 Å². The van der Waals surface area contributed by atoms with Gasteiger partial charge in [0.2, 0.25) is 0 Å². The van der Waals surface area contributed by atoms with Crippen LogP contribution < -0.4 is 5.73 Å². The van der Waals surface area contributed by atoms with Crippen LogP contribution in [0.15, 0.2) is 23.2 Å². The predicted molar refractivity (Wildman–Crippen MR) is 64.5 cm³/mol. The Morgan fingerprint density at radius 1 is 1.21 bits per heavy atom. The number of benzene rings is 1. The minimum Gasteiger partial charge on any atom is -0.384 e. The second-order valence-electron chi connectivity index (χ2n) is 2.24. The van der Waals surface area contributed by atoms with Crippen molar-refractivity contribution in [3.8, 4) is 0 Å². The van der Waals surface area contributed by atoms with E-state index in [9.17, 15) is 0 Å². The molecular formula is C10H14Cl2N2. The molecule has 0 saturated heterocycles. The van der Waals surface area contributed by atoms with E-state index in [0.717, 1.165) is 5.56 Å². The molecule has 1 aromatic rings. The average Bonchev–Trinajstić information content (AvgIpc) is 2.24. The average molecular weight is 233 g/mol. The molecule has 0 unspecified atom stereocenters. The third-order valence-electron chi connectivity index (χ3n) is 1.46. The monoisotopic (exact) mass is 232 g/mol. The lowest BCUT2D eigenvalue weighted by Gasteiger charge is -2.00. The molecule has 14 heavy (non-hydrogen) atoms. The van der Waals surface area contributed by atoms with Crippen molar-refractivity contribution in [2.45, 2.75) is 13.8 Å². The lowest BCUT2D eigenvalue weighted by Crippen LogP contribution is -2.12. The summed E-state index contributed by atoms with van der Waals surface area (Å²) in [5, 5.41) is 1.00. The van der Waals surface area contributed by atoms with Crippen LogP contribution in [0.25, 0.3) is 0 Å². The van der Waals surface area contributed by atoms with Gasteiger partial charge in [-0.2, -0.15) is 0 Å². The van der Waals surface area contributed by atoms with Crippen LogP contribution in [-0.2, 0) is 0 Å². The van der Waals surface area contributed by atoms with E-state index in [-0.39, 0.29) is 0 Å². The zero-order valence-electron chi connectivity index (χ0n) is 8.51. The van der Waals surface area contributed by atoms with Gasteiger partial charge in [0.05, 0.1) is 10.0 Å². The minimum absolute atomic E-state index is 0.452. The molecule has 0 radical (unpaired) electrons. The van der Waals surface area contributed by atoms with E-state index in [4.69, 9.17) is 28.9 Å². The molecule has 1 aromatic carbocycles. The highest BCUT2D eigenvalue weighted by Gasteiger charge is 2.01. The summed E-state index contributed by atoms with van der Waals surface area (Å²) in [6.07, 6.45) is 0. The van der Waals surface area contributed by atoms with Crippen LogP contribution in [0.4, 0.5) is 0 Å². The van der Waals surface area contributed by atoms with Gasteiger partial charge in [-0.1, -0.05) is 37.0 Å². The molecule has 4 heteroatoms. The third-order valence-corrected chi connectivity index (χ3v) is 2.20. The lowest BCUT2D eigenvalue weighted by molar-refractivity contribution is 1.39. The predicted octanol–water partition coefficient (Wildman–Crippen LogP) is 3.35. The first-order valence-corrected chi connectivity index (χ1v) is 5.08. The van der Waals surface area contributed by atoms with Crippen LogP contribution in [0.5, 0.6) is 0 Å². The summed E-state index contributed by atoms with van der Waals surface area (Å²) in [6.45, 7) is 4.00. The van der Waals surface area contributed by atoms with Crippen LogP contribution in [0.2, 0.25) is 10.0 Å². The first-order chi connectivity index (χ1) is 6.65. The first-order valence-electron chi connectivity index (χ1n) is 4.33. The number of hydrogen-bond acceptors (Lipinski definition) is 1. The summed E-state index contributed by atoms with van der Waals surface area (Å²) >= 11 is 11.5. The second-order valence-corrected chi connectivity index (χ2v) is 3.05. The number of nitrogens with zero attached hydrogens (tertiary/aromatic N) is 1. The molecule has 0 aliphatic rings. The highest BCUT2D eigenvalue weighted by atomic mass is 35.5. The minimum atomic E-state index is 0.452. The fourth-order valence-electron chi connectivity index (χ4n) is 0.785. The van der Waals surface area contributed by atoms with E-state index >= 15 is 0 Å². The van der Waals surface area contributed by atoms with Crippen molar-refractivity contribution in [1.29, 1.82) is 0 Å². The Hall–Kier alpha value is -0.730. The summed E-state index contributed by atoms with van der Waals surface area (Å²) in [6, 6.07) is 5.15. The molecule has 0 atom stereocenters. The van der Waals surface area contributed by atoms with Crippen LogP contribution in [0, 0.1) is 0 Å². The molecule has 78 valence electrons. The van der Waals surface area contributed by atoms with Gasteiger partial charge in [0, 0.05) is 12.6 Å². The van der Waals surface area contributed by atoms with Crippen molar-refractivity contribution in [3.63, 3.8) is 0 Å². The fourth-order valence-corrected chi connectivity index (χ4v) is 1.08. The van der Waals surface area contributed by atoms with Gasteiger partial charge in [0.15, 0.2) is 0 Å². The van der Waals surface area contributed by atoms with Gasteiger partial charge < -0.3 is 5.73 Å². The Balaban J connectivity index is 0.000000791. The van der Waals surface area contributed by atoms with Crippen molar-refractivity contribution in [1.82, 2.24) is 0 Å². The zero-order chi connectivity index (χ0) is 11.1. The number of hydrogen-bond donors (Lipinski definition) is 1. The molecule has 1 rings (SSSR count). The van der Waals surface area contributed by atoms with Gasteiger partial charge in [-0.05, 0) is 18.2 Å². The molecule has 0 amide bonds. The van der Waals surface area contributed by atoms with E-state index in [1.165, 1.54) is 0 Å². The summed E-state index contributed by atoms with van der Waals surface area (Å²) in [5.74, 6) is 0.452. The van der Waals surface area contributed by atoms with Gasteiger partial charge >= 0.3 is 0 Å². The van der Waals surface area contributed by atoms with Crippen LogP contribution in [0.3, 0.4) is 0 Å². The molecule has 0 heterocycles. The summed E-state index contributed by atoms with van der Waals surface area (Å²) in [4.78, 5) is 3.82. The van der Waals surface area contributed by atoms with Crippen molar-refractivity contribution in [3.05, 3.63) is 33.8 Å². The molecule has 2 nitrogen and oxygen atoms in total. The number of halogens is 2. The van der Waals surface area contributed by atoms with Crippen LogP contribution in [-0.4, -0.2) is 12.9 Å². The first kappa shape index (κ1) is 13.3. The number of aliphatic imine (C=N–C) groups is 1. The van der Waals surface area contributed by atoms with Crippen molar-refractivity contribution >= 4 is 29.0 Å². The molecule has 0 aromatic heterocycles. The molecule has 0 spiro atoms. The quantitative estimate of drug-likeness (QED) is 0.586. The maximum Gasteiger partial charge on any atom is 0.125 e. The fraction of sp³-hybridized carbons (Fsp3) is 0.300. The van der Waals surface area contributed by atoms with Gasteiger partial charge in [-0.25, -0.2) is 0 Å². The molecule has 0 aliphatic heterocycles. The van der Waals surface area contributed by atoms with Crippen LogP contribution >= 0.6 is 23.2 Å². The number of nitrogens with two attached hydrogens (primary N) is 1. The van der Waals surface area contributed by atoms with Gasteiger partial charge in [-0.3, -0.25) is 4.99 Å². The van der Waals surface area contributed by atoms with Crippen molar-refractivity contribution in [2.24, 2.45) is 10.7 Å². The zero-order valence-corrected chi connectivity index (χ0v) is 10.0. The topological polar surface area (TPSA) is 38.4 Å². The van der Waals surface area contributed by atoms with E-state index < -0.39 is 0 Å². The smallest absolute Gasteiger partial charge is 0.125 e. The van der Waals surface area contributed by atoms with E-state index in [1.54, 1.807) is 25.2 Å².